The van der Waals surface area contributed by atoms with Gasteiger partial charge in [0.2, 0.25) is 11.7 Å². The van der Waals surface area contributed by atoms with Crippen molar-refractivity contribution in [2.24, 2.45) is 0 Å². The Bertz CT molecular complexity index is 1360. The van der Waals surface area contributed by atoms with Gasteiger partial charge in [0, 0.05) is 23.9 Å². The summed E-state index contributed by atoms with van der Waals surface area (Å²) in [6.07, 6.45) is -2.37. The van der Waals surface area contributed by atoms with Gasteiger partial charge in [0.15, 0.2) is 5.60 Å². The van der Waals surface area contributed by atoms with Crippen molar-refractivity contribution in [3.05, 3.63) is 65.4 Å². The number of pyridine rings is 1. The molecule has 4 rings (SSSR count). The van der Waals surface area contributed by atoms with Crippen LogP contribution in [-0.2, 0) is 6.42 Å². The average molecular weight is 473 g/mol. The second kappa shape index (κ2) is 8.56. The molecule has 0 bridgehead atoms. The summed E-state index contributed by atoms with van der Waals surface area (Å²) < 4.78 is 45.3. The van der Waals surface area contributed by atoms with Crippen LogP contribution in [0.15, 0.2) is 47.2 Å². The van der Waals surface area contributed by atoms with Crippen molar-refractivity contribution < 1.29 is 27.6 Å². The highest BCUT2D eigenvalue weighted by molar-refractivity contribution is 6.04. The molecule has 11 heteroatoms. The van der Waals surface area contributed by atoms with E-state index in [1.54, 1.807) is 28.8 Å². The second-order valence-corrected chi connectivity index (χ2v) is 8.34. The molecule has 1 atom stereocenters. The number of rotatable bonds is 6. The molecular formula is C23H22F3N5O3. The Kier molecular flexibility index (Phi) is 5.90. The molecule has 3 heterocycles. The molecule has 0 saturated carbocycles. The lowest BCUT2D eigenvalue weighted by molar-refractivity contribution is -0.255. The molecule has 0 saturated heterocycles. The maximum absolute atomic E-state index is 12.9. The topological polar surface area (TPSA) is 106 Å². The zero-order valence-electron chi connectivity index (χ0n) is 18.6. The third kappa shape index (κ3) is 4.65. The minimum absolute atomic E-state index is 0.0355. The average Bonchev–Trinajstić information content (AvgIpc) is 3.40. The number of aliphatic hydroxyl groups is 1. The largest absolute Gasteiger partial charge is 0.416 e. The highest BCUT2D eigenvalue weighted by Crippen LogP contribution is 2.33. The van der Waals surface area contributed by atoms with Crippen LogP contribution in [0, 0.1) is 13.8 Å². The molecule has 0 fully saturated rings. The van der Waals surface area contributed by atoms with Gasteiger partial charge in [0.25, 0.3) is 5.91 Å². The van der Waals surface area contributed by atoms with Crippen LogP contribution in [0.25, 0.3) is 17.0 Å². The van der Waals surface area contributed by atoms with E-state index in [0.717, 1.165) is 11.1 Å². The van der Waals surface area contributed by atoms with E-state index in [4.69, 9.17) is 4.52 Å². The third-order valence-corrected chi connectivity index (χ3v) is 5.55. The van der Waals surface area contributed by atoms with Gasteiger partial charge in [-0.3, -0.25) is 9.20 Å². The molecule has 178 valence electrons. The fourth-order valence-corrected chi connectivity index (χ4v) is 3.30. The number of fused-ring (bicyclic) bond motifs is 1. The quantitative estimate of drug-likeness (QED) is 0.427. The van der Waals surface area contributed by atoms with Crippen molar-refractivity contribution in [3.8, 4) is 11.4 Å². The van der Waals surface area contributed by atoms with Crippen LogP contribution in [-0.4, -0.2) is 42.3 Å². The monoisotopic (exact) mass is 473 g/mol. The highest BCUT2D eigenvalue weighted by atomic mass is 19.4. The molecule has 1 amide bonds. The zero-order valence-corrected chi connectivity index (χ0v) is 18.6. The van der Waals surface area contributed by atoms with Gasteiger partial charge in [-0.25, -0.2) is 4.98 Å². The molecule has 4 aromatic rings. The summed E-state index contributed by atoms with van der Waals surface area (Å²) in [6.45, 7) is 4.45. The van der Waals surface area contributed by atoms with Crippen molar-refractivity contribution in [2.45, 2.75) is 45.4 Å². The van der Waals surface area contributed by atoms with Crippen molar-refractivity contribution in [1.29, 1.82) is 0 Å². The van der Waals surface area contributed by atoms with E-state index in [0.29, 0.717) is 29.5 Å². The van der Waals surface area contributed by atoms with E-state index in [9.17, 15) is 23.1 Å². The summed E-state index contributed by atoms with van der Waals surface area (Å²) in [5.41, 5.74) is 0.974. The van der Waals surface area contributed by atoms with Crippen LogP contribution in [0.4, 0.5) is 18.9 Å². The number of hydrogen-bond donors (Lipinski definition) is 2. The molecule has 34 heavy (non-hydrogen) atoms. The van der Waals surface area contributed by atoms with Gasteiger partial charge in [-0.2, -0.15) is 18.2 Å². The van der Waals surface area contributed by atoms with Crippen molar-refractivity contribution in [1.82, 2.24) is 19.5 Å². The summed E-state index contributed by atoms with van der Waals surface area (Å²) in [5.74, 6) is -0.242. The van der Waals surface area contributed by atoms with E-state index < -0.39 is 18.2 Å². The predicted octanol–water partition coefficient (Wildman–Crippen LogP) is 4.50. The molecule has 0 aliphatic carbocycles. The number of hydrogen-bond acceptors (Lipinski definition) is 6. The van der Waals surface area contributed by atoms with Crippen molar-refractivity contribution >= 4 is 17.2 Å². The number of nitrogens with one attached hydrogen (secondary N) is 1. The van der Waals surface area contributed by atoms with Gasteiger partial charge in [0.1, 0.15) is 11.3 Å². The summed E-state index contributed by atoms with van der Waals surface area (Å²) in [6, 6.07) is 8.86. The van der Waals surface area contributed by atoms with Crippen LogP contribution in [0.2, 0.25) is 0 Å². The lowest BCUT2D eigenvalue weighted by Gasteiger charge is -2.25. The summed E-state index contributed by atoms with van der Waals surface area (Å²) in [4.78, 5) is 21.3. The number of anilines is 1. The lowest BCUT2D eigenvalue weighted by Crippen LogP contribution is -2.42. The normalized spacial score (nSPS) is 13.7. The molecule has 2 N–H and O–H groups in total. The van der Waals surface area contributed by atoms with Crippen LogP contribution in [0.3, 0.4) is 0 Å². The number of imidazole rings is 1. The number of benzene rings is 1. The zero-order chi connectivity index (χ0) is 24.7. The van der Waals surface area contributed by atoms with E-state index in [-0.39, 0.29) is 24.0 Å². The molecule has 3 aromatic heterocycles. The van der Waals surface area contributed by atoms with Crippen molar-refractivity contribution in [3.63, 3.8) is 0 Å². The number of aryl methyl sites for hydroxylation is 3. The Balaban J connectivity index is 1.52. The number of aromatic nitrogens is 4. The fraction of sp³-hybridized carbons (Fsp3) is 0.304. The molecule has 0 aliphatic heterocycles. The number of carbonyl (C=O) groups is 1. The number of alkyl halides is 3. The fourth-order valence-electron chi connectivity index (χ4n) is 3.30. The Morgan fingerprint density at radius 1 is 1.21 bits per heavy atom. The number of nitrogens with zero attached hydrogens (tertiary/aromatic N) is 4. The maximum atomic E-state index is 12.9. The first-order chi connectivity index (χ1) is 15.9. The Labute approximate surface area is 192 Å². The van der Waals surface area contributed by atoms with Gasteiger partial charge in [-0.15, -0.1) is 0 Å². The predicted molar refractivity (Wildman–Crippen MR) is 117 cm³/mol. The van der Waals surface area contributed by atoms with Crippen LogP contribution < -0.4 is 5.32 Å². The van der Waals surface area contributed by atoms with Gasteiger partial charge >= 0.3 is 6.18 Å². The second-order valence-electron chi connectivity index (χ2n) is 8.34. The minimum atomic E-state index is -4.76. The summed E-state index contributed by atoms with van der Waals surface area (Å²) in [5, 5.41) is 16.3. The van der Waals surface area contributed by atoms with E-state index in [1.807, 2.05) is 26.0 Å². The molecule has 1 aromatic carbocycles. The standard InChI is InChI=1S/C23H22F3N5O3/c1-13-7-9-31-17(12-27-18(31)10-13)21(32)28-16-11-15(5-4-14(16)2)20-29-19(34-30-20)6-8-22(3,33)23(24,25)26/h4-5,7,9-12,33H,6,8H2,1-3H3,(H,28,32)/t22-/m1/s1. The van der Waals surface area contributed by atoms with E-state index >= 15 is 0 Å². The van der Waals surface area contributed by atoms with Crippen LogP contribution in [0.1, 0.15) is 40.9 Å². The summed E-state index contributed by atoms with van der Waals surface area (Å²) >= 11 is 0. The maximum Gasteiger partial charge on any atom is 0.416 e. The van der Waals surface area contributed by atoms with E-state index in [2.05, 4.69) is 20.4 Å². The number of carbonyl (C=O) groups excluding carboxylic acids is 1. The Morgan fingerprint density at radius 2 is 1.97 bits per heavy atom. The first-order valence-electron chi connectivity index (χ1n) is 10.4. The number of halogens is 3. The third-order valence-electron chi connectivity index (χ3n) is 5.55. The van der Waals surface area contributed by atoms with Crippen molar-refractivity contribution in [2.75, 3.05) is 5.32 Å². The molecule has 0 aliphatic rings. The minimum Gasteiger partial charge on any atom is -0.381 e. The summed E-state index contributed by atoms with van der Waals surface area (Å²) in [7, 11) is 0. The molecule has 0 radical (unpaired) electrons. The molecular weight excluding hydrogens is 451 g/mol. The number of amides is 1. The van der Waals surface area contributed by atoms with Gasteiger partial charge in [-0.05, 0) is 56.5 Å². The molecule has 0 spiro atoms. The first kappa shape index (κ1) is 23.4. The SMILES string of the molecule is Cc1ccn2c(C(=O)Nc3cc(-c4noc(CC[C@@](C)(O)C(F)(F)F)n4)ccc3C)cnc2c1. The Hall–Kier alpha value is -3.73. The van der Waals surface area contributed by atoms with E-state index in [1.165, 1.54) is 6.20 Å². The lowest BCUT2D eigenvalue weighted by atomic mass is 10.00. The molecule has 0 unspecified atom stereocenters. The van der Waals surface area contributed by atoms with Gasteiger partial charge in [-0.1, -0.05) is 17.3 Å². The molecule has 8 nitrogen and oxygen atoms in total. The van der Waals surface area contributed by atoms with Gasteiger partial charge < -0.3 is 14.9 Å². The van der Waals surface area contributed by atoms with Gasteiger partial charge in [0.05, 0.1) is 6.20 Å². The van der Waals surface area contributed by atoms with Crippen LogP contribution in [0.5, 0.6) is 0 Å². The van der Waals surface area contributed by atoms with Crippen LogP contribution >= 0.6 is 0 Å². The smallest absolute Gasteiger partial charge is 0.381 e. The highest BCUT2D eigenvalue weighted by Gasteiger charge is 2.49. The first-order valence-corrected chi connectivity index (χ1v) is 10.4. The Morgan fingerprint density at radius 3 is 2.71 bits per heavy atom.